The monoisotopic (exact) mass is 689 g/mol. The Bertz CT molecular complexity index is 3540. The van der Waals surface area contributed by atoms with Crippen molar-refractivity contribution in [1.29, 1.82) is 0 Å². The van der Waals surface area contributed by atoms with Gasteiger partial charge in [-0.3, -0.25) is 4.57 Å². The summed E-state index contributed by atoms with van der Waals surface area (Å²) in [6.07, 6.45) is 0. The Morgan fingerprint density at radius 1 is 0.491 bits per heavy atom. The van der Waals surface area contributed by atoms with Crippen molar-refractivity contribution in [3.05, 3.63) is 175 Å². The third-order valence-corrected chi connectivity index (χ3v) is 10.6. The summed E-state index contributed by atoms with van der Waals surface area (Å²) in [7, 11) is 0. The molecule has 0 bridgehead atoms. The molecule has 0 aliphatic heterocycles. The maximum Gasteiger partial charge on any atom is 0.238 e. The van der Waals surface area contributed by atoms with Gasteiger partial charge in [0.1, 0.15) is 0 Å². The standard InChI is InChI=1S/C48H33N5/c1-48(2)39-22-12-9-19-33(39)34-26-25-32(29-40(34)48)52-41-23-13-10-20-35(41)37-27-28-38-36-21-11-14-24-42(36)53(44(38)43(37)52)47-50-45(30-15-5-3-6-16-30)49-46(51-47)31-17-7-4-8-18-31/h3-29H,1-2H3/i3D,4D,5D,6D,7D,8D,15D,16D,17D,18D. The Balaban J connectivity index is 1.30. The van der Waals surface area contributed by atoms with Crippen molar-refractivity contribution in [2.75, 3.05) is 0 Å². The molecule has 11 rings (SSSR count). The second-order valence-electron chi connectivity index (χ2n) is 13.7. The molecule has 0 saturated carbocycles. The molecule has 0 radical (unpaired) electrons. The lowest BCUT2D eigenvalue weighted by Gasteiger charge is -2.22. The first-order valence-corrected chi connectivity index (χ1v) is 17.3. The van der Waals surface area contributed by atoms with Gasteiger partial charge in [-0.15, -0.1) is 0 Å². The fourth-order valence-corrected chi connectivity index (χ4v) is 8.22. The molecule has 0 unspecified atom stereocenters. The third kappa shape index (κ3) is 4.28. The quantitative estimate of drug-likeness (QED) is 0.185. The summed E-state index contributed by atoms with van der Waals surface area (Å²) < 4.78 is 90.3. The van der Waals surface area contributed by atoms with Crippen molar-refractivity contribution in [3.63, 3.8) is 0 Å². The molecular weight excluding hydrogens is 647 g/mol. The van der Waals surface area contributed by atoms with Gasteiger partial charge in [-0.25, -0.2) is 4.98 Å². The van der Waals surface area contributed by atoms with Gasteiger partial charge in [-0.1, -0.05) is 153 Å². The van der Waals surface area contributed by atoms with Crippen LogP contribution in [0, 0.1) is 0 Å². The summed E-state index contributed by atoms with van der Waals surface area (Å²) in [5, 5.41) is 3.59. The molecule has 1 aliphatic carbocycles. The Labute approximate surface area is 320 Å². The fourth-order valence-electron chi connectivity index (χ4n) is 8.22. The zero-order chi connectivity index (χ0) is 44.0. The van der Waals surface area contributed by atoms with Crippen LogP contribution in [-0.2, 0) is 5.41 Å². The van der Waals surface area contributed by atoms with Gasteiger partial charge in [0.05, 0.1) is 35.8 Å². The summed E-state index contributed by atoms with van der Waals surface area (Å²) in [6.45, 7) is 4.48. The highest BCUT2D eigenvalue weighted by atomic mass is 15.2. The van der Waals surface area contributed by atoms with E-state index in [1.165, 1.54) is 22.3 Å². The van der Waals surface area contributed by atoms with E-state index in [1.54, 1.807) is 0 Å². The molecule has 0 atom stereocenters. The molecule has 250 valence electrons. The van der Waals surface area contributed by atoms with Crippen LogP contribution in [-0.4, -0.2) is 24.1 Å². The van der Waals surface area contributed by atoms with E-state index in [0.29, 0.717) is 11.0 Å². The highest BCUT2D eigenvalue weighted by Gasteiger charge is 2.35. The number of rotatable bonds is 4. The van der Waals surface area contributed by atoms with Crippen molar-refractivity contribution in [2.24, 2.45) is 0 Å². The Morgan fingerprint density at radius 2 is 1.02 bits per heavy atom. The molecular formula is C48H33N5. The molecule has 0 spiro atoms. The maximum absolute atomic E-state index is 8.91. The zero-order valence-electron chi connectivity index (χ0n) is 38.6. The minimum absolute atomic E-state index is 0.0605. The molecule has 1 aliphatic rings. The predicted molar refractivity (Wildman–Crippen MR) is 217 cm³/mol. The van der Waals surface area contributed by atoms with Crippen molar-refractivity contribution in [1.82, 2.24) is 24.1 Å². The number of para-hydroxylation sites is 2. The molecule has 3 heterocycles. The SMILES string of the molecule is [2H]c1c([2H])c([2H])c(-c2nc(-c3c([2H])c([2H])c([2H])c([2H])c3[2H])nc(-n3c4ccccc4c4ccc5c6ccccc6n(-c6ccc7c(c6)C(C)(C)c6ccccc6-7)c5c43)n2)c([2H])c1[2H]. The van der Waals surface area contributed by atoms with Crippen LogP contribution in [0.1, 0.15) is 38.7 Å². The minimum Gasteiger partial charge on any atom is -0.307 e. The summed E-state index contributed by atoms with van der Waals surface area (Å²) >= 11 is 0. The van der Waals surface area contributed by atoms with Gasteiger partial charge in [0.15, 0.2) is 11.6 Å². The van der Waals surface area contributed by atoms with Gasteiger partial charge in [0, 0.05) is 43.8 Å². The number of benzene rings is 7. The van der Waals surface area contributed by atoms with E-state index in [9.17, 15) is 0 Å². The summed E-state index contributed by atoms with van der Waals surface area (Å²) in [5.41, 5.74) is 7.87. The molecule has 7 aromatic carbocycles. The number of hydrogen-bond donors (Lipinski definition) is 0. The van der Waals surface area contributed by atoms with E-state index in [0.717, 1.165) is 38.3 Å². The average molecular weight is 690 g/mol. The Kier molecular flexibility index (Phi) is 4.49. The first-order valence-electron chi connectivity index (χ1n) is 22.3. The fraction of sp³-hybridized carbons (Fsp3) is 0.0625. The molecule has 10 aromatic rings. The maximum atomic E-state index is 8.91. The first kappa shape index (κ1) is 21.5. The number of hydrogen-bond acceptors (Lipinski definition) is 3. The number of aromatic nitrogens is 5. The molecule has 53 heavy (non-hydrogen) atoms. The van der Waals surface area contributed by atoms with Crippen LogP contribution in [0.3, 0.4) is 0 Å². The van der Waals surface area contributed by atoms with Gasteiger partial charge in [-0.2, -0.15) is 9.97 Å². The van der Waals surface area contributed by atoms with Crippen LogP contribution >= 0.6 is 0 Å². The molecule has 5 nitrogen and oxygen atoms in total. The number of nitrogens with zero attached hydrogens (tertiary/aromatic N) is 5. The van der Waals surface area contributed by atoms with E-state index in [1.807, 2.05) is 47.0 Å². The van der Waals surface area contributed by atoms with Gasteiger partial charge >= 0.3 is 0 Å². The molecule has 5 heteroatoms. The average Bonchev–Trinajstić information content (AvgIpc) is 3.89. The van der Waals surface area contributed by atoms with E-state index in [2.05, 4.69) is 84.1 Å². The lowest BCUT2D eigenvalue weighted by molar-refractivity contribution is 0.660. The smallest absolute Gasteiger partial charge is 0.238 e. The predicted octanol–water partition coefficient (Wildman–Crippen LogP) is 11.7. The molecule has 0 saturated heterocycles. The largest absolute Gasteiger partial charge is 0.307 e. The summed E-state index contributed by atoms with van der Waals surface area (Å²) in [6, 6.07) is 29.1. The van der Waals surface area contributed by atoms with Gasteiger partial charge in [0.2, 0.25) is 5.95 Å². The molecule has 0 N–H and O–H groups in total. The van der Waals surface area contributed by atoms with Gasteiger partial charge < -0.3 is 4.57 Å². The topological polar surface area (TPSA) is 48.5 Å². The van der Waals surface area contributed by atoms with Crippen LogP contribution < -0.4 is 0 Å². The highest BCUT2D eigenvalue weighted by molar-refractivity contribution is 6.23. The Morgan fingerprint density at radius 3 is 1.66 bits per heavy atom. The summed E-state index contributed by atoms with van der Waals surface area (Å²) in [5.74, 6) is -0.731. The van der Waals surface area contributed by atoms with E-state index >= 15 is 0 Å². The van der Waals surface area contributed by atoms with Crippen molar-refractivity contribution >= 4 is 43.6 Å². The third-order valence-electron chi connectivity index (χ3n) is 10.6. The second-order valence-corrected chi connectivity index (χ2v) is 13.7. The first-order chi connectivity index (χ1) is 30.2. The lowest BCUT2D eigenvalue weighted by Crippen LogP contribution is -2.15. The van der Waals surface area contributed by atoms with Gasteiger partial charge in [-0.05, 0) is 46.5 Å². The van der Waals surface area contributed by atoms with Crippen LogP contribution in [0.25, 0.3) is 89.2 Å². The van der Waals surface area contributed by atoms with E-state index in [4.69, 9.17) is 23.7 Å². The van der Waals surface area contributed by atoms with Crippen LogP contribution in [0.2, 0.25) is 0 Å². The summed E-state index contributed by atoms with van der Waals surface area (Å²) in [4.78, 5) is 14.3. The van der Waals surface area contributed by atoms with Crippen LogP contribution in [0.15, 0.2) is 164 Å². The Hall–Kier alpha value is -6.85. The second kappa shape index (κ2) is 11.1. The zero-order valence-corrected chi connectivity index (χ0v) is 28.6. The van der Waals surface area contributed by atoms with Crippen molar-refractivity contribution < 1.29 is 13.7 Å². The van der Waals surface area contributed by atoms with E-state index in [-0.39, 0.29) is 34.1 Å². The van der Waals surface area contributed by atoms with Crippen molar-refractivity contribution in [3.8, 4) is 45.5 Å². The molecule has 0 fully saturated rings. The normalized spacial score (nSPS) is 15.9. The van der Waals surface area contributed by atoms with Crippen LogP contribution in [0.5, 0.6) is 0 Å². The molecule has 0 amide bonds. The minimum atomic E-state index is -0.610. The van der Waals surface area contributed by atoms with Gasteiger partial charge in [0.25, 0.3) is 0 Å². The molecule has 3 aromatic heterocycles. The number of fused-ring (bicyclic) bond motifs is 10. The van der Waals surface area contributed by atoms with Crippen LogP contribution in [0.4, 0.5) is 0 Å². The lowest BCUT2D eigenvalue weighted by atomic mass is 9.82. The highest BCUT2D eigenvalue weighted by Crippen LogP contribution is 2.50. The van der Waals surface area contributed by atoms with Crippen molar-refractivity contribution in [2.45, 2.75) is 19.3 Å². The van der Waals surface area contributed by atoms with E-state index < -0.39 is 60.4 Å².